The molecule has 1 saturated heterocycles. The van der Waals surface area contributed by atoms with Gasteiger partial charge in [-0.25, -0.2) is 4.39 Å². The summed E-state index contributed by atoms with van der Waals surface area (Å²) in [5, 5.41) is -0.775. The quantitative estimate of drug-likeness (QED) is 0.795. The van der Waals surface area contributed by atoms with Gasteiger partial charge in [-0.1, -0.05) is 6.07 Å². The van der Waals surface area contributed by atoms with E-state index in [-0.39, 0.29) is 18.2 Å². The first-order valence-corrected chi connectivity index (χ1v) is 7.80. The summed E-state index contributed by atoms with van der Waals surface area (Å²) in [5.74, 6) is -0.771. The fourth-order valence-corrected chi connectivity index (χ4v) is 3.51. The van der Waals surface area contributed by atoms with Crippen molar-refractivity contribution in [2.24, 2.45) is 0 Å². The summed E-state index contributed by atoms with van der Waals surface area (Å²) in [6, 6.07) is 4.98. The van der Waals surface area contributed by atoms with Gasteiger partial charge < -0.3 is 9.08 Å². The second-order valence-corrected chi connectivity index (χ2v) is 6.58. The SMILES string of the molecule is CC(=O)N1CCCC(S(=O)(=O)Oc2cccc(F)c2)C1. The minimum Gasteiger partial charge on any atom is -0.382 e. The Kier molecular flexibility index (Phi) is 4.27. The molecule has 110 valence electrons. The van der Waals surface area contributed by atoms with Crippen molar-refractivity contribution in [1.29, 1.82) is 0 Å². The van der Waals surface area contributed by atoms with Crippen molar-refractivity contribution < 1.29 is 21.8 Å². The second-order valence-electron chi connectivity index (χ2n) is 4.76. The zero-order valence-electron chi connectivity index (χ0n) is 11.1. The first kappa shape index (κ1) is 14.8. The molecule has 1 aromatic carbocycles. The van der Waals surface area contributed by atoms with Crippen molar-refractivity contribution in [3.05, 3.63) is 30.1 Å². The lowest BCUT2D eigenvalue weighted by Gasteiger charge is -2.31. The molecule has 1 heterocycles. The maximum Gasteiger partial charge on any atom is 0.313 e. The molecule has 0 radical (unpaired) electrons. The molecule has 1 unspecified atom stereocenters. The van der Waals surface area contributed by atoms with Crippen LogP contribution in [0.15, 0.2) is 24.3 Å². The van der Waals surface area contributed by atoms with Crippen molar-refractivity contribution in [2.75, 3.05) is 13.1 Å². The van der Waals surface area contributed by atoms with Gasteiger partial charge in [-0.05, 0) is 25.0 Å². The van der Waals surface area contributed by atoms with Crippen LogP contribution in [0.2, 0.25) is 0 Å². The Hall–Kier alpha value is -1.63. The van der Waals surface area contributed by atoms with E-state index in [2.05, 4.69) is 0 Å². The maximum atomic E-state index is 13.0. The summed E-state index contributed by atoms with van der Waals surface area (Å²) in [4.78, 5) is 12.8. The van der Waals surface area contributed by atoms with E-state index in [4.69, 9.17) is 4.18 Å². The molecular formula is C13H16FNO4S. The van der Waals surface area contributed by atoms with Gasteiger partial charge in [0.1, 0.15) is 16.8 Å². The smallest absolute Gasteiger partial charge is 0.313 e. The Bertz CT molecular complexity index is 602. The van der Waals surface area contributed by atoms with Crippen LogP contribution in [0.5, 0.6) is 5.75 Å². The molecule has 1 aromatic rings. The molecule has 20 heavy (non-hydrogen) atoms. The number of carbonyl (C=O) groups excluding carboxylic acids is 1. The van der Waals surface area contributed by atoms with Gasteiger partial charge in [-0.15, -0.1) is 0 Å². The molecule has 0 spiro atoms. The van der Waals surface area contributed by atoms with Crippen LogP contribution in [0.1, 0.15) is 19.8 Å². The lowest BCUT2D eigenvalue weighted by Crippen LogP contribution is -2.45. The molecule has 0 N–H and O–H groups in total. The molecular weight excluding hydrogens is 285 g/mol. The van der Waals surface area contributed by atoms with Crippen LogP contribution in [0.4, 0.5) is 4.39 Å². The van der Waals surface area contributed by atoms with E-state index in [0.29, 0.717) is 19.4 Å². The van der Waals surface area contributed by atoms with Gasteiger partial charge >= 0.3 is 10.1 Å². The third kappa shape index (κ3) is 3.47. The van der Waals surface area contributed by atoms with Crippen LogP contribution in [0, 0.1) is 5.82 Å². The van der Waals surface area contributed by atoms with E-state index in [1.165, 1.54) is 30.0 Å². The van der Waals surface area contributed by atoms with Crippen molar-refractivity contribution in [1.82, 2.24) is 4.90 Å². The Morgan fingerprint density at radius 1 is 1.45 bits per heavy atom. The summed E-state index contributed by atoms with van der Waals surface area (Å²) >= 11 is 0. The van der Waals surface area contributed by atoms with E-state index in [1.807, 2.05) is 0 Å². The summed E-state index contributed by atoms with van der Waals surface area (Å²) in [6.45, 7) is 2.08. The summed E-state index contributed by atoms with van der Waals surface area (Å²) in [5.41, 5.74) is 0. The predicted octanol–water partition coefficient (Wildman–Crippen LogP) is 1.55. The molecule has 1 atom stereocenters. The molecule has 2 rings (SSSR count). The van der Waals surface area contributed by atoms with Gasteiger partial charge in [-0.3, -0.25) is 4.79 Å². The van der Waals surface area contributed by atoms with Crippen molar-refractivity contribution >= 4 is 16.0 Å². The second kappa shape index (κ2) is 5.78. The fourth-order valence-electron chi connectivity index (χ4n) is 2.18. The molecule has 1 aliphatic rings. The van der Waals surface area contributed by atoms with Crippen LogP contribution in [0.3, 0.4) is 0 Å². The first-order valence-electron chi connectivity index (χ1n) is 6.33. The van der Waals surface area contributed by atoms with Crippen LogP contribution < -0.4 is 4.18 Å². The molecule has 0 saturated carbocycles. The van der Waals surface area contributed by atoms with E-state index in [1.54, 1.807) is 0 Å². The molecule has 0 bridgehead atoms. The molecule has 5 nitrogen and oxygen atoms in total. The number of carbonyl (C=O) groups is 1. The molecule has 1 amide bonds. The number of piperidine rings is 1. The zero-order chi connectivity index (χ0) is 14.8. The Morgan fingerprint density at radius 2 is 2.20 bits per heavy atom. The highest BCUT2D eigenvalue weighted by molar-refractivity contribution is 7.87. The minimum absolute atomic E-state index is 0.0510. The first-order chi connectivity index (χ1) is 9.38. The van der Waals surface area contributed by atoms with Crippen molar-refractivity contribution in [3.8, 4) is 5.75 Å². The van der Waals surface area contributed by atoms with Crippen molar-refractivity contribution in [2.45, 2.75) is 25.0 Å². The van der Waals surface area contributed by atoms with E-state index < -0.39 is 21.2 Å². The maximum absolute atomic E-state index is 13.0. The average molecular weight is 301 g/mol. The topological polar surface area (TPSA) is 63.7 Å². The minimum atomic E-state index is -3.88. The number of hydrogen-bond donors (Lipinski definition) is 0. The predicted molar refractivity (Wildman–Crippen MR) is 71.2 cm³/mol. The third-order valence-electron chi connectivity index (χ3n) is 3.24. The van der Waals surface area contributed by atoms with Gasteiger partial charge in [0.25, 0.3) is 0 Å². The van der Waals surface area contributed by atoms with Crippen LogP contribution in [-0.2, 0) is 14.9 Å². The number of hydrogen-bond acceptors (Lipinski definition) is 4. The van der Waals surface area contributed by atoms with Crippen molar-refractivity contribution in [3.63, 3.8) is 0 Å². The Balaban J connectivity index is 2.12. The average Bonchev–Trinajstić information content (AvgIpc) is 2.38. The molecule has 7 heteroatoms. The zero-order valence-corrected chi connectivity index (χ0v) is 11.9. The van der Waals surface area contributed by atoms with Gasteiger partial charge in [0.05, 0.1) is 0 Å². The Labute approximate surface area is 117 Å². The normalized spacial score (nSPS) is 19.7. The van der Waals surface area contributed by atoms with Crippen LogP contribution in [-0.4, -0.2) is 37.6 Å². The van der Waals surface area contributed by atoms with Gasteiger partial charge in [0, 0.05) is 26.1 Å². The number of amides is 1. The highest BCUT2D eigenvalue weighted by atomic mass is 32.2. The molecule has 1 aliphatic heterocycles. The highest BCUT2D eigenvalue weighted by Gasteiger charge is 2.33. The van der Waals surface area contributed by atoms with Crippen LogP contribution in [0.25, 0.3) is 0 Å². The largest absolute Gasteiger partial charge is 0.382 e. The number of rotatable bonds is 3. The third-order valence-corrected chi connectivity index (χ3v) is 4.87. The van der Waals surface area contributed by atoms with Crippen LogP contribution >= 0.6 is 0 Å². The van der Waals surface area contributed by atoms with E-state index in [9.17, 15) is 17.6 Å². The number of likely N-dealkylation sites (tertiary alicyclic amines) is 1. The fraction of sp³-hybridized carbons (Fsp3) is 0.462. The van der Waals surface area contributed by atoms with E-state index in [0.717, 1.165) is 6.07 Å². The molecule has 1 fully saturated rings. The lowest BCUT2D eigenvalue weighted by molar-refractivity contribution is -0.129. The number of nitrogens with zero attached hydrogens (tertiary/aromatic N) is 1. The summed E-state index contributed by atoms with van der Waals surface area (Å²) in [6.07, 6.45) is 1.04. The summed E-state index contributed by atoms with van der Waals surface area (Å²) < 4.78 is 42.3. The summed E-state index contributed by atoms with van der Waals surface area (Å²) in [7, 11) is -3.88. The number of benzene rings is 1. The molecule has 0 aromatic heterocycles. The molecule has 0 aliphatic carbocycles. The van der Waals surface area contributed by atoms with Gasteiger partial charge in [0.15, 0.2) is 0 Å². The Morgan fingerprint density at radius 3 is 2.85 bits per heavy atom. The van der Waals surface area contributed by atoms with Gasteiger partial charge in [0.2, 0.25) is 5.91 Å². The lowest BCUT2D eigenvalue weighted by atomic mass is 10.1. The monoisotopic (exact) mass is 301 g/mol. The van der Waals surface area contributed by atoms with Gasteiger partial charge in [-0.2, -0.15) is 8.42 Å². The highest BCUT2D eigenvalue weighted by Crippen LogP contribution is 2.22. The van der Waals surface area contributed by atoms with E-state index >= 15 is 0 Å². The standard InChI is InChI=1S/C13H16FNO4S/c1-10(16)15-7-3-6-13(9-15)20(17,18)19-12-5-2-4-11(14)8-12/h2,4-5,8,13H,3,6-7,9H2,1H3. The number of halogens is 1.